The van der Waals surface area contributed by atoms with Crippen molar-refractivity contribution in [2.45, 2.75) is 58.8 Å². The van der Waals surface area contributed by atoms with Crippen LogP contribution in [0.2, 0.25) is 0 Å². The summed E-state index contributed by atoms with van der Waals surface area (Å²) in [6.45, 7) is 6.86. The van der Waals surface area contributed by atoms with Crippen molar-refractivity contribution < 1.29 is 23.9 Å². The van der Waals surface area contributed by atoms with Gasteiger partial charge < -0.3 is 9.47 Å². The molecule has 0 spiro atoms. The van der Waals surface area contributed by atoms with Gasteiger partial charge in [0.1, 0.15) is 0 Å². The lowest BCUT2D eigenvalue weighted by Gasteiger charge is -2.28. The molecule has 0 fully saturated rings. The van der Waals surface area contributed by atoms with Crippen LogP contribution in [0.15, 0.2) is 35.5 Å². The van der Waals surface area contributed by atoms with Gasteiger partial charge in [-0.3, -0.25) is 4.79 Å². The first kappa shape index (κ1) is 18.8. The highest BCUT2D eigenvalue weighted by Gasteiger charge is 2.28. The molecule has 1 N–H and O–H groups in total. The van der Waals surface area contributed by atoms with Crippen molar-refractivity contribution in [3.05, 3.63) is 35.5 Å². The van der Waals surface area contributed by atoms with Crippen LogP contribution in [0.3, 0.4) is 0 Å². The van der Waals surface area contributed by atoms with E-state index in [-0.39, 0.29) is 18.0 Å². The number of hydrazine groups is 1. The SMILES string of the molecule is CC(C)OC(=O)NN(C(=O)OC(C)C)[C@H]1C=CC2=C(C=C1)C(=O)CC2. The van der Waals surface area contributed by atoms with E-state index in [4.69, 9.17) is 9.47 Å². The van der Waals surface area contributed by atoms with Crippen molar-refractivity contribution in [1.29, 1.82) is 0 Å². The monoisotopic (exact) mass is 348 g/mol. The molecule has 2 aliphatic carbocycles. The molecular weight excluding hydrogens is 324 g/mol. The molecule has 0 unspecified atom stereocenters. The van der Waals surface area contributed by atoms with Gasteiger partial charge >= 0.3 is 12.2 Å². The summed E-state index contributed by atoms with van der Waals surface area (Å²) in [6, 6.07) is -0.593. The Hall–Kier alpha value is -2.57. The summed E-state index contributed by atoms with van der Waals surface area (Å²) in [5.74, 6) is 0.0834. The van der Waals surface area contributed by atoms with Crippen molar-refractivity contribution in [3.8, 4) is 0 Å². The molecule has 0 aromatic rings. The van der Waals surface area contributed by atoms with E-state index in [0.29, 0.717) is 18.4 Å². The van der Waals surface area contributed by atoms with Crippen LogP contribution in [0.25, 0.3) is 0 Å². The number of ether oxygens (including phenoxy) is 2. The van der Waals surface area contributed by atoms with Crippen molar-refractivity contribution >= 4 is 18.0 Å². The van der Waals surface area contributed by atoms with E-state index in [1.54, 1.807) is 45.9 Å². The summed E-state index contributed by atoms with van der Waals surface area (Å²) in [5, 5.41) is 1.06. The molecule has 0 aliphatic heterocycles. The lowest BCUT2D eigenvalue weighted by Crippen LogP contribution is -2.52. The highest BCUT2D eigenvalue weighted by molar-refractivity contribution is 6.02. The molecule has 0 aromatic heterocycles. The second-order valence-corrected chi connectivity index (χ2v) is 6.44. The first-order valence-electron chi connectivity index (χ1n) is 8.37. The zero-order chi connectivity index (χ0) is 18.6. The average Bonchev–Trinajstić information content (AvgIpc) is 2.72. The highest BCUT2D eigenvalue weighted by atomic mass is 16.6. The Balaban J connectivity index is 2.19. The maximum absolute atomic E-state index is 12.4. The molecule has 136 valence electrons. The first-order valence-corrected chi connectivity index (χ1v) is 8.37. The number of amides is 2. The van der Waals surface area contributed by atoms with Crippen LogP contribution >= 0.6 is 0 Å². The standard InChI is InChI=1S/C18H24N2O5/c1-11(2)24-17(22)19-20(18(23)25-12(3)4)14-7-5-13-6-10-16(21)15(13)9-8-14/h5,7-9,11-12,14H,6,10H2,1-4H3,(H,19,22)/t14-/m0/s1. The number of nitrogens with zero attached hydrogens (tertiary/aromatic N) is 1. The van der Waals surface area contributed by atoms with E-state index in [1.165, 1.54) is 0 Å². The number of allylic oxidation sites excluding steroid dienone is 4. The number of Topliss-reactive ketones (excluding diaryl/α,β-unsaturated/α-hetero) is 1. The molecule has 0 saturated carbocycles. The Labute approximate surface area is 147 Å². The average molecular weight is 348 g/mol. The minimum Gasteiger partial charge on any atom is -0.446 e. The van der Waals surface area contributed by atoms with E-state index in [1.807, 2.05) is 6.08 Å². The maximum Gasteiger partial charge on any atom is 0.429 e. The maximum atomic E-state index is 12.4. The molecule has 0 radical (unpaired) electrons. The van der Waals surface area contributed by atoms with Crippen molar-refractivity contribution in [2.24, 2.45) is 0 Å². The predicted octanol–water partition coefficient (Wildman–Crippen LogP) is 3.04. The minimum absolute atomic E-state index is 0.0834. The molecule has 1 atom stereocenters. The fraction of sp³-hybridized carbons (Fsp3) is 0.500. The lowest BCUT2D eigenvalue weighted by atomic mass is 10.1. The van der Waals surface area contributed by atoms with Gasteiger partial charge in [0.05, 0.1) is 18.2 Å². The Morgan fingerprint density at radius 2 is 1.72 bits per heavy atom. The Kier molecular flexibility index (Phi) is 6.01. The van der Waals surface area contributed by atoms with E-state index in [9.17, 15) is 14.4 Å². The summed E-state index contributed by atoms with van der Waals surface area (Å²) in [5.41, 5.74) is 4.01. The first-order chi connectivity index (χ1) is 11.8. The minimum atomic E-state index is -0.752. The van der Waals surface area contributed by atoms with Crippen LogP contribution in [0, 0.1) is 0 Å². The van der Waals surface area contributed by atoms with Crippen LogP contribution in [0.1, 0.15) is 40.5 Å². The van der Waals surface area contributed by atoms with Crippen molar-refractivity contribution in [3.63, 3.8) is 0 Å². The second-order valence-electron chi connectivity index (χ2n) is 6.44. The summed E-state index contributed by atoms with van der Waals surface area (Å²) >= 11 is 0. The van der Waals surface area contributed by atoms with Crippen LogP contribution in [0.4, 0.5) is 9.59 Å². The second kappa shape index (κ2) is 8.00. The topological polar surface area (TPSA) is 84.9 Å². The summed E-state index contributed by atoms with van der Waals surface area (Å²) in [6.07, 6.45) is 5.99. The Morgan fingerprint density at radius 1 is 1.08 bits per heavy atom. The van der Waals surface area contributed by atoms with Gasteiger partial charge in [0.15, 0.2) is 5.78 Å². The Bertz CT molecular complexity index is 646. The molecule has 2 aliphatic rings. The number of nitrogens with one attached hydrogen (secondary N) is 1. The fourth-order valence-corrected chi connectivity index (χ4v) is 2.55. The molecule has 0 heterocycles. The van der Waals surface area contributed by atoms with Crippen molar-refractivity contribution in [1.82, 2.24) is 10.4 Å². The number of ketones is 1. The smallest absolute Gasteiger partial charge is 0.429 e. The number of carbonyl (C=O) groups excluding carboxylic acids is 3. The number of hydrogen-bond acceptors (Lipinski definition) is 5. The van der Waals surface area contributed by atoms with Crippen LogP contribution in [-0.4, -0.2) is 41.2 Å². The van der Waals surface area contributed by atoms with E-state index in [0.717, 1.165) is 10.6 Å². The highest BCUT2D eigenvalue weighted by Crippen LogP contribution is 2.27. The zero-order valence-corrected chi connectivity index (χ0v) is 14.9. The third-order valence-corrected chi connectivity index (χ3v) is 3.61. The van der Waals surface area contributed by atoms with Crippen LogP contribution in [-0.2, 0) is 14.3 Å². The molecule has 7 nitrogen and oxygen atoms in total. The predicted molar refractivity (Wildman–Crippen MR) is 91.5 cm³/mol. The van der Waals surface area contributed by atoms with Gasteiger partial charge in [-0.1, -0.05) is 24.3 Å². The van der Waals surface area contributed by atoms with Gasteiger partial charge in [0.2, 0.25) is 0 Å². The van der Waals surface area contributed by atoms with Crippen LogP contribution < -0.4 is 5.43 Å². The molecule has 2 rings (SSSR count). The molecular formula is C18H24N2O5. The Morgan fingerprint density at radius 3 is 2.36 bits per heavy atom. The third-order valence-electron chi connectivity index (χ3n) is 3.61. The molecule has 0 bridgehead atoms. The zero-order valence-electron chi connectivity index (χ0n) is 14.9. The van der Waals surface area contributed by atoms with Gasteiger partial charge in [0.25, 0.3) is 0 Å². The number of carbonyl (C=O) groups is 3. The van der Waals surface area contributed by atoms with E-state index in [2.05, 4.69) is 5.43 Å². The summed E-state index contributed by atoms with van der Waals surface area (Å²) in [7, 11) is 0. The fourth-order valence-electron chi connectivity index (χ4n) is 2.55. The van der Waals surface area contributed by atoms with Crippen LogP contribution in [0.5, 0.6) is 0 Å². The molecule has 2 amide bonds. The van der Waals surface area contributed by atoms with Gasteiger partial charge in [-0.2, -0.15) is 0 Å². The number of rotatable bonds is 3. The summed E-state index contributed by atoms with van der Waals surface area (Å²) in [4.78, 5) is 36.2. The summed E-state index contributed by atoms with van der Waals surface area (Å²) < 4.78 is 10.2. The molecule has 0 aromatic carbocycles. The van der Waals surface area contributed by atoms with Gasteiger partial charge in [-0.05, 0) is 39.7 Å². The van der Waals surface area contributed by atoms with Crippen molar-refractivity contribution in [2.75, 3.05) is 0 Å². The third kappa shape index (κ3) is 4.95. The largest absolute Gasteiger partial charge is 0.446 e. The molecule has 0 saturated heterocycles. The molecule has 7 heteroatoms. The van der Waals surface area contributed by atoms with Gasteiger partial charge in [-0.15, -0.1) is 0 Å². The molecule has 25 heavy (non-hydrogen) atoms. The number of hydrogen-bond donors (Lipinski definition) is 1. The van der Waals surface area contributed by atoms with E-state index >= 15 is 0 Å². The normalized spacial score (nSPS) is 19.1. The lowest BCUT2D eigenvalue weighted by molar-refractivity contribution is -0.114. The van der Waals surface area contributed by atoms with E-state index < -0.39 is 18.2 Å². The quantitative estimate of drug-likeness (QED) is 0.793. The van der Waals surface area contributed by atoms with Gasteiger partial charge in [-0.25, -0.2) is 20.0 Å². The van der Waals surface area contributed by atoms with Gasteiger partial charge in [0, 0.05) is 12.0 Å².